The fraction of sp³-hybridized carbons (Fsp3) is 0.700. The van der Waals surface area contributed by atoms with Gasteiger partial charge in [0, 0.05) is 63.8 Å². The molecule has 0 bridgehead atoms. The number of hydrogen-bond acceptors (Lipinski definition) is 7. The molecule has 2 saturated heterocycles. The van der Waals surface area contributed by atoms with Crippen LogP contribution >= 0.6 is 0 Å². The molecule has 2 atom stereocenters. The number of nitrogens with zero attached hydrogens (tertiary/aromatic N) is 4. The van der Waals surface area contributed by atoms with E-state index in [4.69, 9.17) is 4.74 Å². The Labute approximate surface area is 322 Å². The van der Waals surface area contributed by atoms with Gasteiger partial charge >= 0.3 is 24.3 Å². The first-order chi connectivity index (χ1) is 26.0. The van der Waals surface area contributed by atoms with Gasteiger partial charge in [0.1, 0.15) is 12.1 Å². The van der Waals surface area contributed by atoms with Crippen molar-refractivity contribution in [1.29, 1.82) is 0 Å². The van der Waals surface area contributed by atoms with Crippen LogP contribution in [0.15, 0.2) is 34.1 Å². The van der Waals surface area contributed by atoms with Crippen LogP contribution in [0.2, 0.25) is 0 Å². The second-order valence-corrected chi connectivity index (χ2v) is 17.2. The van der Waals surface area contributed by atoms with Crippen molar-refractivity contribution in [1.82, 2.24) is 18.9 Å². The Balaban J connectivity index is 0.000000215. The number of ether oxygens (including phenoxy) is 1. The van der Waals surface area contributed by atoms with Crippen LogP contribution in [0.5, 0.6) is 0 Å². The van der Waals surface area contributed by atoms with E-state index in [0.29, 0.717) is 42.5 Å². The predicted octanol–water partition coefficient (Wildman–Crippen LogP) is 6.83. The van der Waals surface area contributed by atoms with Crippen molar-refractivity contribution < 1.29 is 45.8 Å². The Morgan fingerprint density at radius 3 is 1.41 bits per heavy atom. The number of carbonyl (C=O) groups is 2. The molecule has 2 spiro atoms. The fourth-order valence-corrected chi connectivity index (χ4v) is 8.05. The number of carboxylic acid groups (broad SMARTS) is 1. The molecule has 2 unspecified atom stereocenters. The largest absolute Gasteiger partial charge is 0.480 e. The summed E-state index contributed by atoms with van der Waals surface area (Å²) in [5.41, 5.74) is -2.76. The van der Waals surface area contributed by atoms with Crippen LogP contribution in [0.4, 0.5) is 26.3 Å². The summed E-state index contributed by atoms with van der Waals surface area (Å²) in [7, 11) is 0. The maximum atomic E-state index is 13.6. The number of carboxylic acids is 1. The molecule has 2 aromatic rings. The minimum Gasteiger partial charge on any atom is -0.480 e. The van der Waals surface area contributed by atoms with Crippen LogP contribution < -0.4 is 11.1 Å². The van der Waals surface area contributed by atoms with Crippen LogP contribution in [0, 0.1) is 22.7 Å². The molecule has 0 radical (unpaired) electrons. The number of aromatic nitrogens is 2. The molecule has 16 heteroatoms. The monoisotopic (exact) mass is 800 g/mol. The van der Waals surface area contributed by atoms with Gasteiger partial charge in [0.2, 0.25) is 0 Å². The van der Waals surface area contributed by atoms with E-state index < -0.39 is 58.6 Å². The highest BCUT2D eigenvalue weighted by molar-refractivity contribution is 5.74. The summed E-state index contributed by atoms with van der Waals surface area (Å²) in [5.74, 6) is -1.75. The molecule has 6 rings (SSSR count). The topological polar surface area (TPSA) is 114 Å². The van der Waals surface area contributed by atoms with Gasteiger partial charge in [-0.3, -0.25) is 9.59 Å². The Kier molecular flexibility index (Phi) is 12.9. The predicted molar refractivity (Wildman–Crippen MR) is 196 cm³/mol. The Bertz CT molecular complexity index is 1840. The Morgan fingerprint density at radius 1 is 0.714 bits per heavy atom. The molecule has 4 fully saturated rings. The van der Waals surface area contributed by atoms with Crippen molar-refractivity contribution in [3.63, 3.8) is 0 Å². The highest BCUT2D eigenvalue weighted by Crippen LogP contribution is 2.53. The average molecular weight is 801 g/mol. The van der Waals surface area contributed by atoms with Crippen molar-refractivity contribution in [2.75, 3.05) is 45.9 Å². The van der Waals surface area contributed by atoms with Gasteiger partial charge in [0.05, 0.1) is 17.7 Å². The van der Waals surface area contributed by atoms with E-state index >= 15 is 0 Å². The van der Waals surface area contributed by atoms with Gasteiger partial charge in [0.15, 0.2) is 0 Å². The van der Waals surface area contributed by atoms with Crippen LogP contribution in [0.1, 0.15) is 107 Å². The van der Waals surface area contributed by atoms with E-state index in [9.17, 15) is 50.6 Å². The number of carbonyl (C=O) groups excluding carboxylic acids is 1. The number of halogens is 6. The van der Waals surface area contributed by atoms with E-state index in [1.54, 1.807) is 6.92 Å². The van der Waals surface area contributed by atoms with Crippen LogP contribution in [-0.2, 0) is 39.5 Å². The summed E-state index contributed by atoms with van der Waals surface area (Å²) in [5, 5.41) is 9.46. The Morgan fingerprint density at radius 2 is 1.09 bits per heavy atom. The van der Waals surface area contributed by atoms with Gasteiger partial charge in [-0.05, 0) is 92.1 Å². The minimum atomic E-state index is -4.64. The van der Waals surface area contributed by atoms with Gasteiger partial charge in [-0.1, -0.05) is 27.7 Å². The number of alkyl halides is 6. The first-order valence-corrected chi connectivity index (χ1v) is 19.5. The van der Waals surface area contributed by atoms with Crippen molar-refractivity contribution in [3.05, 3.63) is 67.5 Å². The van der Waals surface area contributed by atoms with E-state index in [2.05, 4.69) is 9.80 Å². The first-order valence-electron chi connectivity index (χ1n) is 19.5. The molecule has 1 N–H and O–H groups in total. The molecule has 56 heavy (non-hydrogen) atoms. The third kappa shape index (κ3) is 10.6. The third-order valence-electron chi connectivity index (χ3n) is 11.4. The molecule has 0 aromatic carbocycles. The van der Waals surface area contributed by atoms with Gasteiger partial charge in [-0.25, -0.2) is 9.59 Å². The zero-order chi connectivity index (χ0) is 41.4. The molecule has 2 aromatic heterocycles. The van der Waals surface area contributed by atoms with Crippen molar-refractivity contribution >= 4 is 11.9 Å². The van der Waals surface area contributed by atoms with E-state index in [1.807, 2.05) is 27.7 Å². The third-order valence-corrected chi connectivity index (χ3v) is 11.4. The molecule has 312 valence electrons. The molecule has 2 aliphatic carbocycles. The van der Waals surface area contributed by atoms with Gasteiger partial charge < -0.3 is 28.8 Å². The van der Waals surface area contributed by atoms with E-state index in [0.717, 1.165) is 41.5 Å². The number of rotatable bonds is 15. The zero-order valence-corrected chi connectivity index (χ0v) is 32.8. The van der Waals surface area contributed by atoms with Crippen LogP contribution in [0.3, 0.4) is 0 Å². The normalized spacial score (nSPS) is 19.6. The number of esters is 1. The summed E-state index contributed by atoms with van der Waals surface area (Å²) >= 11 is 0. The second-order valence-electron chi connectivity index (χ2n) is 17.2. The lowest BCUT2D eigenvalue weighted by Crippen LogP contribution is -2.49. The lowest BCUT2D eigenvalue weighted by Gasteiger charge is -2.40. The van der Waals surface area contributed by atoms with Crippen molar-refractivity contribution in [2.45, 2.75) is 110 Å². The Hall–Kier alpha value is -3.66. The van der Waals surface area contributed by atoms with E-state index in [-0.39, 0.29) is 48.8 Å². The fourth-order valence-electron chi connectivity index (χ4n) is 8.05. The molecule has 2 saturated carbocycles. The SMILES string of the molecule is CC(C)CC(C(=O)O)n1cc(CCN2CC3(CC3)C2)c(C(F)(F)F)cc1=O.CCOC(=O)C(CC(C)C)n1cc(CCN2CC3(CC3)C2)c(C(F)(F)F)cc1=O. The van der Waals surface area contributed by atoms with Gasteiger partial charge in [-0.2, -0.15) is 26.3 Å². The van der Waals surface area contributed by atoms with Crippen LogP contribution in [0.25, 0.3) is 0 Å². The molecule has 10 nitrogen and oxygen atoms in total. The zero-order valence-electron chi connectivity index (χ0n) is 32.8. The van der Waals surface area contributed by atoms with E-state index in [1.165, 1.54) is 31.9 Å². The summed E-state index contributed by atoms with van der Waals surface area (Å²) in [6.45, 7) is 13.9. The lowest BCUT2D eigenvalue weighted by molar-refractivity contribution is -0.148. The molecular formula is C40H54F6N4O6. The van der Waals surface area contributed by atoms with Crippen molar-refractivity contribution in [2.24, 2.45) is 22.7 Å². The van der Waals surface area contributed by atoms with Gasteiger partial charge in [-0.15, -0.1) is 0 Å². The molecule has 4 aliphatic rings. The highest BCUT2D eigenvalue weighted by Gasteiger charge is 2.52. The molecule has 4 heterocycles. The quantitative estimate of drug-likeness (QED) is 0.154. The summed E-state index contributed by atoms with van der Waals surface area (Å²) in [6, 6.07) is -0.927. The smallest absolute Gasteiger partial charge is 0.416 e. The highest BCUT2D eigenvalue weighted by atomic mass is 19.4. The standard InChI is InChI=1S/C21H29F3N2O3.C19H25F3N2O3/c1-4-29-19(28)17(9-14(2)3)26-11-15(16(10-18(26)27)21(22,23)24)5-8-25-12-20(13-25)6-7-20;1-12(2)7-15(17(26)27)24-9-13(14(8-16(24)25)19(20,21)22)3-6-23-10-18(11-23)4-5-18/h10-11,14,17H,4-9,12-13H2,1-3H3;8-9,12,15H,3-7,10-11H2,1-2H3,(H,26,27). The minimum absolute atomic E-state index is 0.0143. The van der Waals surface area contributed by atoms with Crippen LogP contribution in [-0.4, -0.2) is 81.9 Å². The van der Waals surface area contributed by atoms with Gasteiger partial charge in [0.25, 0.3) is 11.1 Å². The average Bonchev–Trinajstić information content (AvgIpc) is 3.99. The number of aliphatic carboxylic acids is 1. The summed E-state index contributed by atoms with van der Waals surface area (Å²) in [4.78, 5) is 53.0. The molecule has 0 amide bonds. The summed E-state index contributed by atoms with van der Waals surface area (Å²) < 4.78 is 88.0. The second kappa shape index (κ2) is 16.7. The first kappa shape index (κ1) is 43.5. The lowest BCUT2D eigenvalue weighted by atomic mass is 9.95. The van der Waals surface area contributed by atoms with Crippen molar-refractivity contribution in [3.8, 4) is 0 Å². The molecular weight excluding hydrogens is 746 g/mol. The summed E-state index contributed by atoms with van der Waals surface area (Å²) in [6.07, 6.45) is -1.31. The number of hydrogen-bond donors (Lipinski definition) is 1. The maximum absolute atomic E-state index is 13.6. The maximum Gasteiger partial charge on any atom is 0.416 e. The number of likely N-dealkylation sites (tertiary alicyclic amines) is 2. The number of pyridine rings is 2. The molecule has 2 aliphatic heterocycles.